The number of hydrogen-bond donors (Lipinski definition) is 1. The molecule has 0 amide bonds. The molecule has 1 aromatic carbocycles. The van der Waals surface area contributed by atoms with Crippen LogP contribution >= 0.6 is 27.3 Å². The molecule has 0 unspecified atom stereocenters. The quantitative estimate of drug-likeness (QED) is 0.850. The zero-order valence-corrected chi connectivity index (χ0v) is 13.1. The molecule has 1 heterocycles. The number of aryl methyl sites for hydroxylation is 1. The molecule has 0 radical (unpaired) electrons. The van der Waals surface area contributed by atoms with E-state index in [1.165, 1.54) is 16.9 Å². The fourth-order valence-corrected chi connectivity index (χ4v) is 3.00. The van der Waals surface area contributed by atoms with E-state index in [9.17, 15) is 4.79 Å². The van der Waals surface area contributed by atoms with Gasteiger partial charge >= 0.3 is 5.97 Å². The second kappa shape index (κ2) is 5.75. The van der Waals surface area contributed by atoms with Crippen LogP contribution in [0.5, 0.6) is 0 Å². The minimum Gasteiger partial charge on any atom is -0.462 e. The summed E-state index contributed by atoms with van der Waals surface area (Å²) in [5.74, 6) is -0.359. The van der Waals surface area contributed by atoms with E-state index in [1.54, 1.807) is 6.92 Å². The molecule has 0 atom stereocenters. The molecular formula is C14H14BrNO2S. The third-order valence-corrected chi connectivity index (χ3v) is 4.71. The number of rotatable bonds is 3. The Kier molecular flexibility index (Phi) is 4.27. The van der Waals surface area contributed by atoms with Gasteiger partial charge in [0.25, 0.3) is 0 Å². The van der Waals surface area contributed by atoms with Crippen LogP contribution in [-0.4, -0.2) is 12.6 Å². The van der Waals surface area contributed by atoms with E-state index in [-0.39, 0.29) is 5.97 Å². The van der Waals surface area contributed by atoms with E-state index >= 15 is 0 Å². The molecule has 0 fully saturated rings. The van der Waals surface area contributed by atoms with Crippen molar-refractivity contribution >= 4 is 38.9 Å². The predicted octanol–water partition coefficient (Wildman–Crippen LogP) is 4.24. The number of carbonyl (C=O) groups excluding carboxylic acids is 1. The van der Waals surface area contributed by atoms with E-state index in [2.05, 4.69) is 15.9 Å². The molecule has 2 N–H and O–H groups in total. The number of thiophene rings is 1. The molecule has 3 nitrogen and oxygen atoms in total. The Morgan fingerprint density at radius 3 is 2.79 bits per heavy atom. The zero-order chi connectivity index (χ0) is 14.0. The van der Waals surface area contributed by atoms with Crippen LogP contribution in [-0.2, 0) is 4.74 Å². The molecule has 5 heteroatoms. The van der Waals surface area contributed by atoms with E-state index in [0.29, 0.717) is 17.2 Å². The first-order valence-electron chi connectivity index (χ1n) is 5.86. The number of halogens is 1. The molecule has 0 aliphatic rings. The van der Waals surface area contributed by atoms with Gasteiger partial charge in [0, 0.05) is 9.35 Å². The summed E-state index contributed by atoms with van der Waals surface area (Å²) in [4.78, 5) is 13.2. The van der Waals surface area contributed by atoms with Crippen LogP contribution in [0.1, 0.15) is 22.2 Å². The number of anilines is 1. The predicted molar refractivity (Wildman–Crippen MR) is 82.6 cm³/mol. The molecule has 100 valence electrons. The molecule has 0 saturated heterocycles. The largest absolute Gasteiger partial charge is 0.462 e. The SMILES string of the molecule is CCOC(=O)c1sc(-c2ccc(C)c(Br)c2)cc1N. The highest BCUT2D eigenvalue weighted by molar-refractivity contribution is 9.10. The summed E-state index contributed by atoms with van der Waals surface area (Å²) < 4.78 is 6.02. The molecule has 2 rings (SSSR count). The van der Waals surface area contributed by atoms with Crippen molar-refractivity contribution in [1.29, 1.82) is 0 Å². The highest BCUT2D eigenvalue weighted by Crippen LogP contribution is 2.35. The average Bonchev–Trinajstić information content (AvgIpc) is 2.75. The monoisotopic (exact) mass is 339 g/mol. The van der Waals surface area contributed by atoms with Crippen molar-refractivity contribution in [3.63, 3.8) is 0 Å². The van der Waals surface area contributed by atoms with Gasteiger partial charge in [0.05, 0.1) is 12.3 Å². The van der Waals surface area contributed by atoms with Crippen LogP contribution in [0.15, 0.2) is 28.7 Å². The van der Waals surface area contributed by atoms with Gasteiger partial charge in [0.1, 0.15) is 4.88 Å². The third-order valence-electron chi connectivity index (χ3n) is 2.68. The van der Waals surface area contributed by atoms with Gasteiger partial charge in [-0.15, -0.1) is 11.3 Å². The summed E-state index contributed by atoms with van der Waals surface area (Å²) in [7, 11) is 0. The van der Waals surface area contributed by atoms with E-state index < -0.39 is 0 Å². The van der Waals surface area contributed by atoms with Crippen molar-refractivity contribution in [2.45, 2.75) is 13.8 Å². The van der Waals surface area contributed by atoms with Crippen molar-refractivity contribution in [3.8, 4) is 10.4 Å². The van der Waals surface area contributed by atoms with Crippen molar-refractivity contribution in [2.75, 3.05) is 12.3 Å². The Bertz CT molecular complexity index is 622. The molecule has 0 aliphatic heterocycles. The van der Waals surface area contributed by atoms with Gasteiger partial charge in [-0.3, -0.25) is 0 Å². The van der Waals surface area contributed by atoms with Crippen molar-refractivity contribution in [2.24, 2.45) is 0 Å². The van der Waals surface area contributed by atoms with Crippen LogP contribution < -0.4 is 5.73 Å². The van der Waals surface area contributed by atoms with E-state index in [1.807, 2.05) is 31.2 Å². The number of carbonyl (C=O) groups is 1. The van der Waals surface area contributed by atoms with E-state index in [4.69, 9.17) is 10.5 Å². The topological polar surface area (TPSA) is 52.3 Å². The van der Waals surface area contributed by atoms with Crippen LogP contribution in [0.3, 0.4) is 0 Å². The molecule has 0 aliphatic carbocycles. The normalized spacial score (nSPS) is 10.5. The second-order valence-corrected chi connectivity index (χ2v) is 5.99. The fourth-order valence-electron chi connectivity index (χ4n) is 1.65. The molecular weight excluding hydrogens is 326 g/mol. The van der Waals surface area contributed by atoms with Crippen LogP contribution in [0.25, 0.3) is 10.4 Å². The number of benzene rings is 1. The van der Waals surface area contributed by atoms with Gasteiger partial charge in [0.2, 0.25) is 0 Å². The first-order chi connectivity index (χ1) is 9.02. The lowest BCUT2D eigenvalue weighted by molar-refractivity contribution is 0.0533. The van der Waals surface area contributed by atoms with Gasteiger partial charge in [-0.05, 0) is 37.1 Å². The standard InChI is InChI=1S/C14H14BrNO2S/c1-3-18-14(17)13-11(16)7-12(19-13)9-5-4-8(2)10(15)6-9/h4-7H,3,16H2,1-2H3. The van der Waals surface area contributed by atoms with Crippen LogP contribution in [0, 0.1) is 6.92 Å². The number of nitrogen functional groups attached to an aromatic ring is 1. The number of nitrogens with two attached hydrogens (primary N) is 1. The molecule has 1 aromatic heterocycles. The highest BCUT2D eigenvalue weighted by atomic mass is 79.9. The van der Waals surface area contributed by atoms with Crippen molar-refractivity contribution in [3.05, 3.63) is 39.2 Å². The Hall–Kier alpha value is -1.33. The van der Waals surface area contributed by atoms with Gasteiger partial charge in [-0.1, -0.05) is 28.1 Å². The summed E-state index contributed by atoms with van der Waals surface area (Å²) in [6.07, 6.45) is 0. The molecule has 19 heavy (non-hydrogen) atoms. The Morgan fingerprint density at radius 2 is 2.16 bits per heavy atom. The lowest BCUT2D eigenvalue weighted by Crippen LogP contribution is -2.04. The van der Waals surface area contributed by atoms with Gasteiger partial charge in [-0.25, -0.2) is 4.79 Å². The minimum atomic E-state index is -0.359. The van der Waals surface area contributed by atoms with Gasteiger partial charge in [-0.2, -0.15) is 0 Å². The maximum Gasteiger partial charge on any atom is 0.350 e. The average molecular weight is 340 g/mol. The van der Waals surface area contributed by atoms with Crippen LogP contribution in [0.2, 0.25) is 0 Å². The first-order valence-corrected chi connectivity index (χ1v) is 7.46. The lowest BCUT2D eigenvalue weighted by atomic mass is 10.1. The summed E-state index contributed by atoms with van der Waals surface area (Å²) in [5, 5.41) is 0. The smallest absolute Gasteiger partial charge is 0.350 e. The summed E-state index contributed by atoms with van der Waals surface area (Å²) in [6.45, 7) is 4.15. The number of hydrogen-bond acceptors (Lipinski definition) is 4. The summed E-state index contributed by atoms with van der Waals surface area (Å²) >= 11 is 4.86. The summed E-state index contributed by atoms with van der Waals surface area (Å²) in [5.41, 5.74) is 8.54. The van der Waals surface area contributed by atoms with Crippen molar-refractivity contribution < 1.29 is 9.53 Å². The molecule has 0 bridgehead atoms. The maximum absolute atomic E-state index is 11.7. The summed E-state index contributed by atoms with van der Waals surface area (Å²) in [6, 6.07) is 7.88. The number of esters is 1. The molecule has 2 aromatic rings. The molecule has 0 spiro atoms. The second-order valence-electron chi connectivity index (χ2n) is 4.08. The van der Waals surface area contributed by atoms with Crippen molar-refractivity contribution in [1.82, 2.24) is 0 Å². The van der Waals surface area contributed by atoms with Gasteiger partial charge in [0.15, 0.2) is 0 Å². The first kappa shape index (κ1) is 14.1. The van der Waals surface area contributed by atoms with Crippen LogP contribution in [0.4, 0.5) is 5.69 Å². The molecule has 0 saturated carbocycles. The van der Waals surface area contributed by atoms with E-state index in [0.717, 1.165) is 14.9 Å². The number of ether oxygens (including phenoxy) is 1. The Morgan fingerprint density at radius 1 is 1.42 bits per heavy atom. The zero-order valence-electron chi connectivity index (χ0n) is 10.7. The van der Waals surface area contributed by atoms with Gasteiger partial charge < -0.3 is 10.5 Å². The third kappa shape index (κ3) is 2.98. The minimum absolute atomic E-state index is 0.349. The Balaban J connectivity index is 2.38. The maximum atomic E-state index is 11.7. The lowest BCUT2D eigenvalue weighted by Gasteiger charge is -2.01. The fraction of sp³-hybridized carbons (Fsp3) is 0.214. The Labute approximate surface area is 124 Å². The highest BCUT2D eigenvalue weighted by Gasteiger charge is 2.16.